The highest BCUT2D eigenvalue weighted by molar-refractivity contribution is 6.33. The van der Waals surface area contributed by atoms with Crippen molar-refractivity contribution < 1.29 is 0 Å². The molecule has 0 radical (unpaired) electrons. The Labute approximate surface area is 131 Å². The number of benzene rings is 2. The van der Waals surface area contributed by atoms with Gasteiger partial charge in [0.2, 0.25) is 0 Å². The van der Waals surface area contributed by atoms with E-state index in [4.69, 9.17) is 11.6 Å². The fourth-order valence-electron chi connectivity index (χ4n) is 2.98. The van der Waals surface area contributed by atoms with E-state index < -0.39 is 0 Å². The lowest BCUT2D eigenvalue weighted by atomic mass is 10.1. The number of halogens is 1. The van der Waals surface area contributed by atoms with Crippen LogP contribution in [0.1, 0.15) is 24.5 Å². The zero-order chi connectivity index (χ0) is 14.7. The van der Waals surface area contributed by atoms with Crippen LogP contribution in [0.2, 0.25) is 5.02 Å². The number of nitrogens with one attached hydrogen (secondary N) is 1. The standard InChI is InChI=1S/C18H21ClN2/c1-2-11-20-13-15-7-5-8-16(19)18(15)21-12-10-14-6-3-4-9-17(14)21/h3-9,20H,2,10-13H2,1H3. The van der Waals surface area contributed by atoms with Gasteiger partial charge in [-0.3, -0.25) is 0 Å². The maximum Gasteiger partial charge on any atom is 0.0646 e. The number of rotatable bonds is 5. The Morgan fingerprint density at radius 3 is 2.86 bits per heavy atom. The van der Waals surface area contributed by atoms with Crippen LogP contribution in [0.3, 0.4) is 0 Å². The smallest absolute Gasteiger partial charge is 0.0646 e. The first-order chi connectivity index (χ1) is 10.3. The van der Waals surface area contributed by atoms with Gasteiger partial charge in [-0.1, -0.05) is 48.9 Å². The summed E-state index contributed by atoms with van der Waals surface area (Å²) in [6, 6.07) is 14.8. The summed E-state index contributed by atoms with van der Waals surface area (Å²) in [5.41, 5.74) is 5.13. The van der Waals surface area contributed by atoms with Crippen molar-refractivity contribution >= 4 is 23.0 Å². The molecular formula is C18H21ClN2. The molecule has 2 aromatic carbocycles. The van der Waals surface area contributed by atoms with Gasteiger partial charge in [0.25, 0.3) is 0 Å². The molecule has 0 saturated heterocycles. The largest absolute Gasteiger partial charge is 0.339 e. The highest BCUT2D eigenvalue weighted by Gasteiger charge is 2.23. The third kappa shape index (κ3) is 2.92. The third-order valence-corrected chi connectivity index (χ3v) is 4.27. The van der Waals surface area contributed by atoms with E-state index in [9.17, 15) is 0 Å². The van der Waals surface area contributed by atoms with E-state index in [0.29, 0.717) is 0 Å². The lowest BCUT2D eigenvalue weighted by molar-refractivity contribution is 0.675. The molecule has 1 aliphatic rings. The van der Waals surface area contributed by atoms with Gasteiger partial charge < -0.3 is 10.2 Å². The van der Waals surface area contributed by atoms with Crippen LogP contribution in [0, 0.1) is 0 Å². The maximum atomic E-state index is 6.52. The molecule has 3 heteroatoms. The number of hydrogen-bond acceptors (Lipinski definition) is 2. The van der Waals surface area contributed by atoms with Crippen molar-refractivity contribution in [3.8, 4) is 0 Å². The summed E-state index contributed by atoms with van der Waals surface area (Å²) in [5.74, 6) is 0. The van der Waals surface area contributed by atoms with Gasteiger partial charge in [-0.2, -0.15) is 0 Å². The topological polar surface area (TPSA) is 15.3 Å². The normalized spacial score (nSPS) is 13.5. The molecule has 2 nitrogen and oxygen atoms in total. The summed E-state index contributed by atoms with van der Waals surface area (Å²) in [4.78, 5) is 2.36. The molecule has 0 unspecified atom stereocenters. The molecule has 0 saturated carbocycles. The Kier molecular flexibility index (Phi) is 4.47. The molecule has 0 aromatic heterocycles. The lowest BCUT2D eigenvalue weighted by Crippen LogP contribution is -2.20. The van der Waals surface area contributed by atoms with Gasteiger partial charge >= 0.3 is 0 Å². The van der Waals surface area contributed by atoms with Gasteiger partial charge in [-0.25, -0.2) is 0 Å². The van der Waals surface area contributed by atoms with E-state index in [1.165, 1.54) is 16.8 Å². The number of para-hydroxylation sites is 2. The molecule has 0 spiro atoms. The third-order valence-electron chi connectivity index (χ3n) is 3.97. The fourth-order valence-corrected chi connectivity index (χ4v) is 3.27. The number of anilines is 2. The predicted molar refractivity (Wildman–Crippen MR) is 90.6 cm³/mol. The molecule has 0 amide bonds. The molecule has 1 N–H and O–H groups in total. The summed E-state index contributed by atoms with van der Waals surface area (Å²) in [5, 5.41) is 4.32. The molecule has 0 aliphatic carbocycles. The Morgan fingerprint density at radius 2 is 2.00 bits per heavy atom. The zero-order valence-electron chi connectivity index (χ0n) is 12.4. The predicted octanol–water partition coefficient (Wildman–Crippen LogP) is 4.53. The SMILES string of the molecule is CCCNCc1cccc(Cl)c1N1CCc2ccccc21. The highest BCUT2D eigenvalue weighted by atomic mass is 35.5. The van der Waals surface area contributed by atoms with Gasteiger partial charge in [0.05, 0.1) is 10.7 Å². The summed E-state index contributed by atoms with van der Waals surface area (Å²) in [7, 11) is 0. The van der Waals surface area contributed by atoms with Crippen LogP contribution >= 0.6 is 11.6 Å². The van der Waals surface area contributed by atoms with E-state index in [2.05, 4.69) is 47.5 Å². The monoisotopic (exact) mass is 300 g/mol. The van der Waals surface area contributed by atoms with E-state index in [1.54, 1.807) is 0 Å². The van der Waals surface area contributed by atoms with Gasteiger partial charge in [0.1, 0.15) is 0 Å². The molecule has 21 heavy (non-hydrogen) atoms. The van der Waals surface area contributed by atoms with Crippen molar-refractivity contribution in [2.75, 3.05) is 18.0 Å². The van der Waals surface area contributed by atoms with Crippen LogP contribution in [-0.2, 0) is 13.0 Å². The van der Waals surface area contributed by atoms with Crippen LogP contribution in [-0.4, -0.2) is 13.1 Å². The van der Waals surface area contributed by atoms with E-state index >= 15 is 0 Å². The van der Waals surface area contributed by atoms with Crippen molar-refractivity contribution in [1.29, 1.82) is 0 Å². The molecule has 110 valence electrons. The van der Waals surface area contributed by atoms with Crippen LogP contribution in [0.25, 0.3) is 0 Å². The summed E-state index contributed by atoms with van der Waals surface area (Å²) in [6.07, 6.45) is 2.23. The molecule has 0 atom stereocenters. The Hall–Kier alpha value is -1.51. The quantitative estimate of drug-likeness (QED) is 0.816. The second kappa shape index (κ2) is 6.50. The highest BCUT2D eigenvalue weighted by Crippen LogP contribution is 2.40. The Bertz CT molecular complexity index is 624. The summed E-state index contributed by atoms with van der Waals surface area (Å²) >= 11 is 6.52. The molecule has 1 heterocycles. The Morgan fingerprint density at radius 1 is 1.14 bits per heavy atom. The molecule has 0 fully saturated rings. The van der Waals surface area contributed by atoms with Crippen molar-refractivity contribution in [3.05, 3.63) is 58.6 Å². The summed E-state index contributed by atoms with van der Waals surface area (Å²) in [6.45, 7) is 5.08. The second-order valence-corrected chi connectivity index (χ2v) is 5.86. The zero-order valence-corrected chi connectivity index (χ0v) is 13.2. The van der Waals surface area contributed by atoms with Gasteiger partial charge in [-0.15, -0.1) is 0 Å². The minimum absolute atomic E-state index is 0.836. The summed E-state index contributed by atoms with van der Waals surface area (Å²) < 4.78 is 0. The maximum absolute atomic E-state index is 6.52. The first kappa shape index (κ1) is 14.4. The molecule has 3 rings (SSSR count). The number of fused-ring (bicyclic) bond motifs is 1. The average molecular weight is 301 g/mol. The molecular weight excluding hydrogens is 280 g/mol. The number of hydrogen-bond donors (Lipinski definition) is 1. The Balaban J connectivity index is 1.95. The minimum atomic E-state index is 0.836. The van der Waals surface area contributed by atoms with Crippen LogP contribution in [0.4, 0.5) is 11.4 Å². The van der Waals surface area contributed by atoms with Crippen LogP contribution in [0.15, 0.2) is 42.5 Å². The first-order valence-electron chi connectivity index (χ1n) is 7.65. The van der Waals surface area contributed by atoms with E-state index in [0.717, 1.165) is 43.2 Å². The van der Waals surface area contributed by atoms with Crippen LogP contribution < -0.4 is 10.2 Å². The molecule has 1 aliphatic heterocycles. The number of nitrogens with zero attached hydrogens (tertiary/aromatic N) is 1. The van der Waals surface area contributed by atoms with Crippen molar-refractivity contribution in [2.24, 2.45) is 0 Å². The van der Waals surface area contributed by atoms with Gasteiger partial charge in [0, 0.05) is 18.8 Å². The van der Waals surface area contributed by atoms with Gasteiger partial charge in [0.15, 0.2) is 0 Å². The van der Waals surface area contributed by atoms with Crippen molar-refractivity contribution in [3.63, 3.8) is 0 Å². The molecule has 2 aromatic rings. The van der Waals surface area contributed by atoms with Crippen molar-refractivity contribution in [1.82, 2.24) is 5.32 Å². The van der Waals surface area contributed by atoms with Crippen LogP contribution in [0.5, 0.6) is 0 Å². The fraction of sp³-hybridized carbons (Fsp3) is 0.333. The first-order valence-corrected chi connectivity index (χ1v) is 8.02. The molecule has 0 bridgehead atoms. The minimum Gasteiger partial charge on any atom is -0.339 e. The second-order valence-electron chi connectivity index (χ2n) is 5.45. The van der Waals surface area contributed by atoms with E-state index in [1.807, 2.05) is 12.1 Å². The van der Waals surface area contributed by atoms with Crippen molar-refractivity contribution in [2.45, 2.75) is 26.3 Å². The lowest BCUT2D eigenvalue weighted by Gasteiger charge is -2.24. The van der Waals surface area contributed by atoms with E-state index in [-0.39, 0.29) is 0 Å². The van der Waals surface area contributed by atoms with Gasteiger partial charge in [-0.05, 0) is 42.6 Å². The average Bonchev–Trinajstić information content (AvgIpc) is 2.92.